The molecule has 0 bridgehead atoms. The van der Waals surface area contributed by atoms with Crippen molar-refractivity contribution in [1.82, 2.24) is 4.90 Å². The molecule has 3 atom stereocenters. The second-order valence-corrected chi connectivity index (χ2v) is 16.8. The second kappa shape index (κ2) is 26.6. The van der Waals surface area contributed by atoms with Crippen LogP contribution in [0.3, 0.4) is 0 Å². The molecule has 288 valence electrons. The van der Waals surface area contributed by atoms with Crippen LogP contribution in [0.1, 0.15) is 206 Å². The average Bonchev–Trinajstić information content (AvgIpc) is 3.77. The fourth-order valence-corrected chi connectivity index (χ4v) is 8.93. The Morgan fingerprint density at radius 2 is 0.920 bits per heavy atom. The van der Waals surface area contributed by atoms with E-state index in [0.29, 0.717) is 23.7 Å². The lowest BCUT2D eigenvalue weighted by Crippen LogP contribution is -2.33. The summed E-state index contributed by atoms with van der Waals surface area (Å²) in [6, 6.07) is 0.611. The van der Waals surface area contributed by atoms with E-state index < -0.39 is 0 Å². The zero-order chi connectivity index (χ0) is 35.6. The van der Waals surface area contributed by atoms with Crippen LogP contribution in [-0.2, 0) is 9.47 Å². The smallest absolute Gasteiger partial charge is 0.169 e. The number of ether oxygens (including phenoxy) is 2. The summed E-state index contributed by atoms with van der Waals surface area (Å²) in [6.45, 7) is 4.54. The van der Waals surface area contributed by atoms with Gasteiger partial charge in [0.25, 0.3) is 0 Å². The van der Waals surface area contributed by atoms with Crippen molar-refractivity contribution in [3.8, 4) is 0 Å². The summed E-state index contributed by atoms with van der Waals surface area (Å²) in [6.07, 6.45) is 58.7. The molecule has 1 unspecified atom stereocenters. The van der Waals surface area contributed by atoms with Crippen LogP contribution >= 0.6 is 0 Å². The van der Waals surface area contributed by atoms with Crippen molar-refractivity contribution in [2.45, 2.75) is 231 Å². The van der Waals surface area contributed by atoms with Crippen molar-refractivity contribution in [2.75, 3.05) is 14.1 Å². The van der Waals surface area contributed by atoms with Gasteiger partial charge in [-0.25, -0.2) is 0 Å². The highest BCUT2D eigenvalue weighted by Crippen LogP contribution is 2.57. The van der Waals surface area contributed by atoms with Crippen molar-refractivity contribution in [3.05, 3.63) is 48.6 Å². The Balaban J connectivity index is 1.30. The van der Waals surface area contributed by atoms with Gasteiger partial charge in [0.1, 0.15) is 0 Å². The van der Waals surface area contributed by atoms with E-state index in [1.54, 1.807) is 0 Å². The summed E-state index contributed by atoms with van der Waals surface area (Å²) in [5.74, 6) is -0.274. The van der Waals surface area contributed by atoms with E-state index in [4.69, 9.17) is 9.47 Å². The van der Waals surface area contributed by atoms with Crippen LogP contribution in [-0.4, -0.2) is 43.0 Å². The molecule has 1 spiro atoms. The molecule has 3 fully saturated rings. The van der Waals surface area contributed by atoms with Gasteiger partial charge in [-0.3, -0.25) is 0 Å². The summed E-state index contributed by atoms with van der Waals surface area (Å²) in [5.41, 5.74) is 0.435. The Morgan fingerprint density at radius 3 is 1.38 bits per heavy atom. The molecule has 0 aromatic carbocycles. The molecule has 0 aromatic heterocycles. The van der Waals surface area contributed by atoms with Crippen LogP contribution in [0.5, 0.6) is 0 Å². The maximum atomic E-state index is 6.86. The molecule has 50 heavy (non-hydrogen) atoms. The van der Waals surface area contributed by atoms with E-state index in [1.807, 2.05) is 0 Å². The summed E-state index contributed by atoms with van der Waals surface area (Å²) >= 11 is 0. The van der Waals surface area contributed by atoms with Gasteiger partial charge >= 0.3 is 0 Å². The van der Waals surface area contributed by atoms with Crippen LogP contribution in [0.4, 0.5) is 0 Å². The topological polar surface area (TPSA) is 21.7 Å². The van der Waals surface area contributed by atoms with Crippen molar-refractivity contribution in [1.29, 1.82) is 0 Å². The maximum Gasteiger partial charge on any atom is 0.169 e. The van der Waals surface area contributed by atoms with Crippen LogP contribution < -0.4 is 0 Å². The SMILES string of the molecule is CCCC/C=C\C/C=C\CCCCCCCCC1(CCCCCCCC/C=C\C/C=C\CCCCC)CCC2(C1)O[C@H]1CC(N(C)C)C[C@@H]1O2. The number of unbranched alkanes of at least 4 members (excludes halogenated alkanes) is 17. The number of rotatable bonds is 30. The number of nitrogens with zero attached hydrogens (tertiary/aromatic N) is 1. The Morgan fingerprint density at radius 1 is 0.500 bits per heavy atom. The largest absolute Gasteiger partial charge is 0.344 e. The van der Waals surface area contributed by atoms with E-state index in [0.717, 1.165) is 38.5 Å². The molecule has 1 saturated heterocycles. The van der Waals surface area contributed by atoms with Gasteiger partial charge in [0.15, 0.2) is 5.79 Å². The normalized spacial score (nSPS) is 23.9. The van der Waals surface area contributed by atoms with Gasteiger partial charge in [-0.1, -0.05) is 152 Å². The molecule has 0 N–H and O–H groups in total. The monoisotopic (exact) mass is 694 g/mol. The molecule has 0 radical (unpaired) electrons. The molecule has 2 aliphatic carbocycles. The first-order valence-corrected chi connectivity index (χ1v) is 22.1. The fourth-order valence-electron chi connectivity index (χ4n) is 8.93. The quantitative estimate of drug-likeness (QED) is 0.0552. The van der Waals surface area contributed by atoms with Gasteiger partial charge in [-0.2, -0.15) is 0 Å². The predicted octanol–water partition coefficient (Wildman–Crippen LogP) is 14.4. The van der Waals surface area contributed by atoms with Crippen LogP contribution in [0, 0.1) is 5.41 Å². The second-order valence-electron chi connectivity index (χ2n) is 16.8. The minimum atomic E-state index is -0.274. The third-order valence-corrected chi connectivity index (χ3v) is 12.1. The van der Waals surface area contributed by atoms with Gasteiger partial charge in [0.05, 0.1) is 12.2 Å². The summed E-state index contributed by atoms with van der Waals surface area (Å²) in [7, 11) is 4.42. The number of allylic oxidation sites excluding steroid dienone is 8. The lowest BCUT2D eigenvalue weighted by Gasteiger charge is -2.33. The number of hydrogen-bond donors (Lipinski definition) is 0. The van der Waals surface area contributed by atoms with E-state index in [-0.39, 0.29) is 5.79 Å². The lowest BCUT2D eigenvalue weighted by molar-refractivity contribution is -0.182. The zero-order valence-electron chi connectivity index (χ0n) is 33.8. The summed E-state index contributed by atoms with van der Waals surface area (Å²) in [5, 5.41) is 0. The highest BCUT2D eigenvalue weighted by molar-refractivity contribution is 5.03. The summed E-state index contributed by atoms with van der Waals surface area (Å²) in [4.78, 5) is 2.37. The van der Waals surface area contributed by atoms with Crippen molar-refractivity contribution < 1.29 is 9.47 Å². The number of hydrogen-bond acceptors (Lipinski definition) is 3. The minimum absolute atomic E-state index is 0.274. The maximum absolute atomic E-state index is 6.86. The van der Waals surface area contributed by atoms with Crippen molar-refractivity contribution in [3.63, 3.8) is 0 Å². The third kappa shape index (κ3) is 17.6. The highest BCUT2D eigenvalue weighted by atomic mass is 16.8. The van der Waals surface area contributed by atoms with Gasteiger partial charge < -0.3 is 14.4 Å². The van der Waals surface area contributed by atoms with Gasteiger partial charge in [0.2, 0.25) is 0 Å². The molecular weight excluding hydrogens is 611 g/mol. The Hall–Kier alpha value is -1.16. The molecule has 1 aliphatic heterocycles. The Kier molecular flexibility index (Phi) is 23.0. The summed E-state index contributed by atoms with van der Waals surface area (Å²) < 4.78 is 13.7. The van der Waals surface area contributed by atoms with Crippen LogP contribution in [0.15, 0.2) is 48.6 Å². The fraction of sp³-hybridized carbons (Fsp3) is 0.830. The Bertz CT molecular complexity index is 935. The van der Waals surface area contributed by atoms with E-state index in [1.165, 1.54) is 154 Å². The molecule has 3 heteroatoms. The molecule has 0 aromatic rings. The van der Waals surface area contributed by atoms with E-state index >= 15 is 0 Å². The minimum Gasteiger partial charge on any atom is -0.344 e. The lowest BCUT2D eigenvalue weighted by atomic mass is 9.76. The van der Waals surface area contributed by atoms with Crippen molar-refractivity contribution >= 4 is 0 Å². The molecule has 3 rings (SSSR count). The predicted molar refractivity (Wildman–Crippen MR) is 219 cm³/mol. The van der Waals surface area contributed by atoms with Gasteiger partial charge in [0, 0.05) is 18.9 Å². The standard InChI is InChI=1S/C47H83NO2/c1-5-7-9-11-13-15-17-19-21-23-25-27-29-31-33-35-37-46(36-34-32-30-28-26-24-22-20-18-16-14-12-10-8-6-2)38-39-47(42-46)49-44-40-43(48(3)4)41-45(44)50-47/h12-15,18-21,43-45H,5-11,16-17,22-42H2,1-4H3/b14-12-,15-13-,20-18-,21-19-/t43?,44-,45-,46?,47?/m0/s1. The van der Waals surface area contributed by atoms with Gasteiger partial charge in [-0.15, -0.1) is 0 Å². The molecule has 1 heterocycles. The van der Waals surface area contributed by atoms with Crippen LogP contribution in [0.25, 0.3) is 0 Å². The first-order valence-electron chi connectivity index (χ1n) is 22.1. The Labute approximate surface area is 312 Å². The first-order chi connectivity index (χ1) is 24.5. The number of fused-ring (bicyclic) bond motifs is 1. The van der Waals surface area contributed by atoms with E-state index in [9.17, 15) is 0 Å². The molecule has 3 nitrogen and oxygen atoms in total. The first kappa shape index (κ1) is 43.2. The average molecular weight is 694 g/mol. The third-order valence-electron chi connectivity index (χ3n) is 12.1. The molecule has 0 amide bonds. The van der Waals surface area contributed by atoms with E-state index in [2.05, 4.69) is 81.5 Å². The zero-order valence-corrected chi connectivity index (χ0v) is 33.8. The molecular formula is C47H83NO2. The van der Waals surface area contributed by atoms with Gasteiger partial charge in [-0.05, 0) is 109 Å². The molecule has 3 aliphatic rings. The highest BCUT2D eigenvalue weighted by Gasteiger charge is 2.58. The molecule has 2 saturated carbocycles. The van der Waals surface area contributed by atoms with Crippen molar-refractivity contribution in [2.24, 2.45) is 5.41 Å². The van der Waals surface area contributed by atoms with Crippen LogP contribution in [0.2, 0.25) is 0 Å².